The van der Waals surface area contributed by atoms with Gasteiger partial charge in [0, 0.05) is 11.3 Å². The van der Waals surface area contributed by atoms with Gasteiger partial charge >= 0.3 is 5.97 Å². The predicted octanol–water partition coefficient (Wildman–Crippen LogP) is 5.28. The Hall–Kier alpha value is -3.40. The summed E-state index contributed by atoms with van der Waals surface area (Å²) in [6.07, 6.45) is 0. The van der Waals surface area contributed by atoms with Crippen LogP contribution in [0, 0.1) is 0 Å². The summed E-state index contributed by atoms with van der Waals surface area (Å²) in [6, 6.07) is 23.1. The molecule has 27 heavy (non-hydrogen) atoms. The first-order valence-corrected chi connectivity index (χ1v) is 8.81. The van der Waals surface area contributed by atoms with Gasteiger partial charge in [0.25, 0.3) is 5.91 Å². The summed E-state index contributed by atoms with van der Waals surface area (Å²) in [4.78, 5) is 24.5. The van der Waals surface area contributed by atoms with Crippen LogP contribution in [0.2, 0.25) is 0 Å². The quantitative estimate of drug-likeness (QED) is 0.498. The third-order valence-corrected chi connectivity index (χ3v) is 4.17. The van der Waals surface area contributed by atoms with E-state index in [4.69, 9.17) is 4.74 Å². The van der Waals surface area contributed by atoms with E-state index in [-0.39, 0.29) is 5.91 Å². The van der Waals surface area contributed by atoms with Gasteiger partial charge in [0.05, 0.1) is 5.56 Å². The number of hydrogen-bond donors (Lipinski definition) is 1. The summed E-state index contributed by atoms with van der Waals surface area (Å²) in [7, 11) is 0. The second kappa shape index (κ2) is 8.32. The van der Waals surface area contributed by atoms with E-state index < -0.39 is 5.97 Å². The van der Waals surface area contributed by atoms with Gasteiger partial charge in [-0.05, 0) is 60.0 Å². The molecule has 3 rings (SSSR count). The van der Waals surface area contributed by atoms with Gasteiger partial charge < -0.3 is 10.1 Å². The smallest absolute Gasteiger partial charge is 0.343 e. The van der Waals surface area contributed by atoms with Crippen LogP contribution in [0.15, 0.2) is 78.9 Å². The van der Waals surface area contributed by atoms with E-state index in [0.29, 0.717) is 22.8 Å². The van der Waals surface area contributed by atoms with Crippen molar-refractivity contribution in [2.24, 2.45) is 0 Å². The van der Waals surface area contributed by atoms with Crippen molar-refractivity contribution in [1.82, 2.24) is 0 Å². The van der Waals surface area contributed by atoms with E-state index in [0.717, 1.165) is 5.69 Å². The summed E-state index contributed by atoms with van der Waals surface area (Å²) in [5.74, 6) is 0.156. The van der Waals surface area contributed by atoms with Crippen molar-refractivity contribution in [2.45, 2.75) is 19.8 Å². The number of rotatable bonds is 5. The zero-order valence-corrected chi connectivity index (χ0v) is 15.3. The number of para-hydroxylation sites is 1. The molecule has 1 N–H and O–H groups in total. The van der Waals surface area contributed by atoms with Crippen LogP contribution in [0.3, 0.4) is 0 Å². The number of nitrogens with one attached hydrogen (secondary N) is 1. The first-order valence-electron chi connectivity index (χ1n) is 8.81. The lowest BCUT2D eigenvalue weighted by Gasteiger charge is -2.08. The van der Waals surface area contributed by atoms with E-state index in [9.17, 15) is 9.59 Å². The minimum atomic E-state index is -0.424. The number of hydrogen-bond acceptors (Lipinski definition) is 3. The molecule has 136 valence electrons. The van der Waals surface area contributed by atoms with Crippen LogP contribution < -0.4 is 10.1 Å². The Morgan fingerprint density at radius 2 is 1.37 bits per heavy atom. The summed E-state index contributed by atoms with van der Waals surface area (Å²) >= 11 is 0. The van der Waals surface area contributed by atoms with Gasteiger partial charge in [-0.15, -0.1) is 0 Å². The zero-order chi connectivity index (χ0) is 19.2. The highest BCUT2D eigenvalue weighted by atomic mass is 16.5. The maximum absolute atomic E-state index is 12.3. The van der Waals surface area contributed by atoms with Crippen molar-refractivity contribution in [3.05, 3.63) is 95.6 Å². The molecule has 0 aromatic heterocycles. The lowest BCUT2D eigenvalue weighted by molar-refractivity contribution is 0.0734. The number of benzene rings is 3. The minimum absolute atomic E-state index is 0.219. The summed E-state index contributed by atoms with van der Waals surface area (Å²) in [6.45, 7) is 4.20. The van der Waals surface area contributed by atoms with Crippen LogP contribution in [-0.4, -0.2) is 11.9 Å². The van der Waals surface area contributed by atoms with E-state index >= 15 is 0 Å². The van der Waals surface area contributed by atoms with Gasteiger partial charge in [-0.2, -0.15) is 0 Å². The molecule has 0 atom stereocenters. The molecule has 3 aromatic rings. The molecule has 0 bridgehead atoms. The molecule has 0 aliphatic heterocycles. The number of ether oxygens (including phenoxy) is 1. The van der Waals surface area contributed by atoms with Crippen LogP contribution in [-0.2, 0) is 0 Å². The van der Waals surface area contributed by atoms with Gasteiger partial charge in [0.15, 0.2) is 0 Å². The molecular formula is C23H21NO3. The highest BCUT2D eigenvalue weighted by Crippen LogP contribution is 2.18. The topological polar surface area (TPSA) is 55.4 Å². The van der Waals surface area contributed by atoms with Gasteiger partial charge in [-0.3, -0.25) is 4.79 Å². The molecular weight excluding hydrogens is 338 g/mol. The second-order valence-electron chi connectivity index (χ2n) is 6.51. The predicted molar refractivity (Wildman–Crippen MR) is 106 cm³/mol. The summed E-state index contributed by atoms with van der Waals surface area (Å²) < 4.78 is 5.38. The van der Waals surface area contributed by atoms with Crippen molar-refractivity contribution < 1.29 is 14.3 Å². The van der Waals surface area contributed by atoms with Crippen LogP contribution in [0.25, 0.3) is 0 Å². The Morgan fingerprint density at radius 1 is 0.778 bits per heavy atom. The lowest BCUT2D eigenvalue weighted by atomic mass is 10.0. The monoisotopic (exact) mass is 359 g/mol. The molecule has 0 saturated heterocycles. The Kier molecular flexibility index (Phi) is 5.67. The summed E-state index contributed by atoms with van der Waals surface area (Å²) in [5, 5.41) is 2.81. The Bertz CT molecular complexity index is 914. The molecule has 0 fully saturated rings. The Labute approximate surface area is 158 Å². The van der Waals surface area contributed by atoms with Crippen molar-refractivity contribution >= 4 is 17.6 Å². The number of esters is 1. The average molecular weight is 359 g/mol. The standard InChI is InChI=1S/C23H21NO3/c1-16(2)17-8-10-19(11-9-17)23(26)27-21-14-12-18(13-15-21)22(25)24-20-6-4-3-5-7-20/h3-16H,1-2H3,(H,24,25). The van der Waals surface area contributed by atoms with Crippen LogP contribution in [0.1, 0.15) is 46.0 Å². The molecule has 0 aliphatic carbocycles. The first-order chi connectivity index (χ1) is 13.0. The fourth-order valence-corrected chi connectivity index (χ4v) is 2.57. The fraction of sp³-hybridized carbons (Fsp3) is 0.130. The molecule has 0 spiro atoms. The highest BCUT2D eigenvalue weighted by Gasteiger charge is 2.11. The molecule has 0 heterocycles. The van der Waals surface area contributed by atoms with Crippen molar-refractivity contribution in [3.8, 4) is 5.75 Å². The summed E-state index contributed by atoms with van der Waals surface area (Å²) in [5.41, 5.74) is 2.87. The van der Waals surface area contributed by atoms with Gasteiger partial charge in [-0.1, -0.05) is 44.2 Å². The molecule has 0 radical (unpaired) electrons. The first kappa shape index (κ1) is 18.4. The number of anilines is 1. The lowest BCUT2D eigenvalue weighted by Crippen LogP contribution is -2.12. The maximum Gasteiger partial charge on any atom is 0.343 e. The highest BCUT2D eigenvalue weighted by molar-refractivity contribution is 6.04. The Balaban J connectivity index is 1.63. The zero-order valence-electron chi connectivity index (χ0n) is 15.3. The van der Waals surface area contributed by atoms with Crippen LogP contribution >= 0.6 is 0 Å². The molecule has 1 amide bonds. The largest absolute Gasteiger partial charge is 0.423 e. The van der Waals surface area contributed by atoms with E-state index in [1.165, 1.54) is 5.56 Å². The molecule has 4 heteroatoms. The van der Waals surface area contributed by atoms with Crippen molar-refractivity contribution in [1.29, 1.82) is 0 Å². The number of carbonyl (C=O) groups is 2. The number of carbonyl (C=O) groups excluding carboxylic acids is 2. The maximum atomic E-state index is 12.3. The Morgan fingerprint density at radius 3 is 1.96 bits per heavy atom. The van der Waals surface area contributed by atoms with Crippen LogP contribution in [0.5, 0.6) is 5.75 Å². The molecule has 3 aromatic carbocycles. The van der Waals surface area contributed by atoms with Gasteiger partial charge in [0.2, 0.25) is 0 Å². The third kappa shape index (κ3) is 4.82. The second-order valence-corrected chi connectivity index (χ2v) is 6.51. The molecule has 4 nitrogen and oxygen atoms in total. The fourth-order valence-electron chi connectivity index (χ4n) is 2.57. The van der Waals surface area contributed by atoms with Gasteiger partial charge in [-0.25, -0.2) is 4.79 Å². The van der Waals surface area contributed by atoms with Gasteiger partial charge in [0.1, 0.15) is 5.75 Å². The van der Waals surface area contributed by atoms with Crippen molar-refractivity contribution in [3.63, 3.8) is 0 Å². The van der Waals surface area contributed by atoms with Crippen molar-refractivity contribution in [2.75, 3.05) is 5.32 Å². The van der Waals surface area contributed by atoms with E-state index in [2.05, 4.69) is 19.2 Å². The molecule has 0 aliphatic rings. The van der Waals surface area contributed by atoms with Crippen LogP contribution in [0.4, 0.5) is 5.69 Å². The molecule has 0 saturated carbocycles. The molecule has 0 unspecified atom stereocenters. The average Bonchev–Trinajstić information content (AvgIpc) is 2.69. The van der Waals surface area contributed by atoms with E-state index in [1.54, 1.807) is 36.4 Å². The third-order valence-electron chi connectivity index (χ3n) is 4.17. The number of amides is 1. The minimum Gasteiger partial charge on any atom is -0.423 e. The normalized spacial score (nSPS) is 10.5. The SMILES string of the molecule is CC(C)c1ccc(C(=O)Oc2ccc(C(=O)Nc3ccccc3)cc2)cc1. The van der Waals surface area contributed by atoms with E-state index in [1.807, 2.05) is 42.5 Å².